The van der Waals surface area contributed by atoms with Crippen molar-refractivity contribution in [2.24, 2.45) is 12.8 Å². The van der Waals surface area contributed by atoms with Crippen LogP contribution in [-0.4, -0.2) is 45.7 Å². The van der Waals surface area contributed by atoms with E-state index in [2.05, 4.69) is 27.1 Å². The Bertz CT molecular complexity index is 873. The van der Waals surface area contributed by atoms with Crippen LogP contribution in [0.2, 0.25) is 0 Å². The van der Waals surface area contributed by atoms with Crippen molar-refractivity contribution in [2.45, 2.75) is 13.1 Å². The molecule has 0 amide bonds. The summed E-state index contributed by atoms with van der Waals surface area (Å²) in [5.74, 6) is 0.849. The van der Waals surface area contributed by atoms with Gasteiger partial charge in [-0.05, 0) is 19.1 Å². The van der Waals surface area contributed by atoms with Crippen LogP contribution in [0.25, 0.3) is 22.2 Å². The van der Waals surface area contributed by atoms with E-state index >= 15 is 0 Å². The van der Waals surface area contributed by atoms with Gasteiger partial charge >= 0.3 is 0 Å². The van der Waals surface area contributed by atoms with Crippen molar-refractivity contribution < 1.29 is 4.74 Å². The van der Waals surface area contributed by atoms with Crippen molar-refractivity contribution in [3.8, 4) is 11.1 Å². The van der Waals surface area contributed by atoms with Crippen LogP contribution in [0.4, 0.5) is 5.82 Å². The van der Waals surface area contributed by atoms with E-state index in [4.69, 9.17) is 15.5 Å². The fourth-order valence-corrected chi connectivity index (χ4v) is 3.07. The van der Waals surface area contributed by atoms with E-state index < -0.39 is 0 Å². The topological polar surface area (TPSA) is 82.1 Å². The van der Waals surface area contributed by atoms with Gasteiger partial charge in [-0.1, -0.05) is 6.07 Å². The number of pyridine rings is 2. The van der Waals surface area contributed by atoms with Crippen molar-refractivity contribution in [1.29, 1.82) is 0 Å². The van der Waals surface area contributed by atoms with E-state index in [9.17, 15) is 0 Å². The molecule has 0 aliphatic carbocycles. The zero-order valence-electron chi connectivity index (χ0n) is 13.8. The lowest BCUT2D eigenvalue weighted by atomic mass is 10.1. The first-order chi connectivity index (χ1) is 11.6. The summed E-state index contributed by atoms with van der Waals surface area (Å²) in [5, 5.41) is 4.36. The lowest BCUT2D eigenvalue weighted by Gasteiger charge is -2.34. The third kappa shape index (κ3) is 2.51. The molecule has 0 saturated carbocycles. The summed E-state index contributed by atoms with van der Waals surface area (Å²) in [6.45, 7) is 3.87. The first-order valence-electron chi connectivity index (χ1n) is 7.99. The molecule has 2 N–H and O–H groups in total. The Hall–Kier alpha value is -2.51. The number of aryl methyl sites for hydroxylation is 2. The van der Waals surface area contributed by atoms with Crippen molar-refractivity contribution in [1.82, 2.24) is 19.7 Å². The molecule has 24 heavy (non-hydrogen) atoms. The largest absolute Gasteiger partial charge is 0.376 e. The lowest BCUT2D eigenvalue weighted by molar-refractivity contribution is 0.0954. The third-order valence-electron chi connectivity index (χ3n) is 4.37. The highest BCUT2D eigenvalue weighted by atomic mass is 16.5. The number of anilines is 1. The standard InChI is InChI=1S/C17H20N6O/c1-11-3-4-12(8-19-11)13-7-16(23-5-6-24-10-15(23)18)21-14-9-20-22(2)17(13)14/h3-4,7-9,15H,5-6,10,18H2,1-2H3/t15-/m0/s1. The molecule has 3 aromatic heterocycles. The SMILES string of the molecule is Cc1ccc(-c2cc(N3CCOC[C@H]3N)nc3cnn(C)c23)cn1. The number of hydrogen-bond donors (Lipinski definition) is 1. The van der Waals surface area contributed by atoms with Crippen LogP contribution in [0, 0.1) is 6.92 Å². The fourth-order valence-electron chi connectivity index (χ4n) is 3.07. The average Bonchev–Trinajstić information content (AvgIpc) is 2.96. The fraction of sp³-hybridized carbons (Fsp3) is 0.353. The zero-order chi connectivity index (χ0) is 16.7. The summed E-state index contributed by atoms with van der Waals surface area (Å²) in [5.41, 5.74) is 11.1. The minimum Gasteiger partial charge on any atom is -0.376 e. The molecule has 0 unspecified atom stereocenters. The van der Waals surface area contributed by atoms with E-state index in [0.29, 0.717) is 13.2 Å². The maximum atomic E-state index is 6.20. The number of rotatable bonds is 2. The van der Waals surface area contributed by atoms with Gasteiger partial charge in [0.2, 0.25) is 0 Å². The highest BCUT2D eigenvalue weighted by Crippen LogP contribution is 2.31. The van der Waals surface area contributed by atoms with Gasteiger partial charge < -0.3 is 15.4 Å². The Morgan fingerprint density at radius 3 is 2.92 bits per heavy atom. The second-order valence-electron chi connectivity index (χ2n) is 6.05. The second-order valence-corrected chi connectivity index (χ2v) is 6.05. The van der Waals surface area contributed by atoms with Gasteiger partial charge in [0.1, 0.15) is 17.5 Å². The van der Waals surface area contributed by atoms with Gasteiger partial charge in [0.05, 0.1) is 24.9 Å². The normalized spacial score (nSPS) is 18.3. The summed E-state index contributed by atoms with van der Waals surface area (Å²) in [6, 6.07) is 6.16. The van der Waals surface area contributed by atoms with Crippen LogP contribution in [0.5, 0.6) is 0 Å². The van der Waals surface area contributed by atoms with Crippen LogP contribution in [-0.2, 0) is 11.8 Å². The van der Waals surface area contributed by atoms with E-state index in [1.54, 1.807) is 6.20 Å². The molecule has 4 heterocycles. The summed E-state index contributed by atoms with van der Waals surface area (Å²) < 4.78 is 7.28. The van der Waals surface area contributed by atoms with Crippen LogP contribution < -0.4 is 10.6 Å². The molecule has 1 fully saturated rings. The average molecular weight is 324 g/mol. The Balaban J connectivity index is 1.90. The number of fused-ring (bicyclic) bond motifs is 1. The molecule has 1 aliphatic heterocycles. The van der Waals surface area contributed by atoms with Gasteiger partial charge in [0, 0.05) is 36.6 Å². The molecule has 124 valence electrons. The summed E-state index contributed by atoms with van der Waals surface area (Å²) in [6.07, 6.45) is 3.49. The molecule has 1 saturated heterocycles. The Morgan fingerprint density at radius 2 is 2.17 bits per heavy atom. The summed E-state index contributed by atoms with van der Waals surface area (Å²) in [7, 11) is 1.93. The van der Waals surface area contributed by atoms with Gasteiger partial charge in [-0.25, -0.2) is 4.98 Å². The number of ether oxygens (including phenoxy) is 1. The number of morpholine rings is 1. The molecule has 3 aromatic rings. The second kappa shape index (κ2) is 5.85. The van der Waals surface area contributed by atoms with Crippen LogP contribution >= 0.6 is 0 Å². The molecular weight excluding hydrogens is 304 g/mol. The first-order valence-corrected chi connectivity index (χ1v) is 7.99. The monoisotopic (exact) mass is 324 g/mol. The van der Waals surface area contributed by atoms with Crippen LogP contribution in [0.15, 0.2) is 30.6 Å². The molecule has 0 radical (unpaired) electrons. The minimum absolute atomic E-state index is 0.190. The van der Waals surface area contributed by atoms with Crippen molar-refractivity contribution in [3.05, 3.63) is 36.3 Å². The molecular formula is C17H20N6O. The molecule has 1 atom stereocenters. The summed E-state index contributed by atoms with van der Waals surface area (Å²) >= 11 is 0. The molecule has 0 spiro atoms. The molecule has 0 bridgehead atoms. The van der Waals surface area contributed by atoms with Gasteiger partial charge in [0.15, 0.2) is 0 Å². The van der Waals surface area contributed by atoms with E-state index in [-0.39, 0.29) is 6.17 Å². The molecule has 4 rings (SSSR count). The number of aromatic nitrogens is 4. The Kier molecular flexibility index (Phi) is 3.66. The quantitative estimate of drug-likeness (QED) is 0.768. The lowest BCUT2D eigenvalue weighted by Crippen LogP contribution is -2.51. The van der Waals surface area contributed by atoms with E-state index in [0.717, 1.165) is 40.2 Å². The predicted octanol–water partition coefficient (Wildman–Crippen LogP) is 1.46. The molecule has 1 aliphatic rings. The van der Waals surface area contributed by atoms with E-state index in [1.165, 1.54) is 0 Å². The highest BCUT2D eigenvalue weighted by Gasteiger charge is 2.23. The maximum Gasteiger partial charge on any atom is 0.131 e. The third-order valence-corrected chi connectivity index (χ3v) is 4.37. The van der Waals surface area contributed by atoms with Crippen molar-refractivity contribution >= 4 is 16.9 Å². The number of nitrogens with two attached hydrogens (primary N) is 1. The molecule has 7 nitrogen and oxygen atoms in total. The van der Waals surface area contributed by atoms with Crippen molar-refractivity contribution in [3.63, 3.8) is 0 Å². The Labute approximate surface area is 140 Å². The van der Waals surface area contributed by atoms with Gasteiger partial charge in [0.25, 0.3) is 0 Å². The minimum atomic E-state index is -0.190. The smallest absolute Gasteiger partial charge is 0.131 e. The van der Waals surface area contributed by atoms with Gasteiger partial charge in [-0.15, -0.1) is 0 Å². The predicted molar refractivity (Wildman–Crippen MR) is 92.6 cm³/mol. The zero-order valence-corrected chi connectivity index (χ0v) is 13.8. The van der Waals surface area contributed by atoms with Gasteiger partial charge in [-0.2, -0.15) is 5.10 Å². The number of nitrogens with zero attached hydrogens (tertiary/aromatic N) is 5. The van der Waals surface area contributed by atoms with Crippen LogP contribution in [0.1, 0.15) is 5.69 Å². The maximum absolute atomic E-state index is 6.20. The van der Waals surface area contributed by atoms with E-state index in [1.807, 2.05) is 30.9 Å². The first kappa shape index (κ1) is 15.0. The molecule has 0 aromatic carbocycles. The highest BCUT2D eigenvalue weighted by molar-refractivity contribution is 5.93. The number of hydrogen-bond acceptors (Lipinski definition) is 6. The summed E-state index contributed by atoms with van der Waals surface area (Å²) in [4.78, 5) is 11.3. The van der Waals surface area contributed by atoms with Gasteiger partial charge in [-0.3, -0.25) is 9.67 Å². The van der Waals surface area contributed by atoms with Crippen LogP contribution in [0.3, 0.4) is 0 Å². The Morgan fingerprint density at radius 1 is 1.29 bits per heavy atom. The molecule has 7 heteroatoms. The van der Waals surface area contributed by atoms with Crippen molar-refractivity contribution in [2.75, 3.05) is 24.7 Å².